The zero-order valence-corrected chi connectivity index (χ0v) is 46.1. The van der Waals surface area contributed by atoms with Crippen molar-refractivity contribution in [2.24, 2.45) is 5.73 Å². The van der Waals surface area contributed by atoms with Gasteiger partial charge in [0.05, 0.1) is 39.6 Å². The number of rotatable bonds is 13. The minimum atomic E-state index is -1.02. The number of anilines is 2. The number of likely N-dealkylation sites (N-methyl/N-ethyl adjacent to an activating group) is 2. The van der Waals surface area contributed by atoms with E-state index in [1.165, 1.54) is 56.8 Å². The van der Waals surface area contributed by atoms with Crippen molar-refractivity contribution in [3.05, 3.63) is 174 Å². The van der Waals surface area contributed by atoms with Crippen LogP contribution in [0.2, 0.25) is 0 Å². The number of benzene rings is 6. The first-order chi connectivity index (χ1) is 34.1. The Balaban J connectivity index is 0.000000260. The van der Waals surface area contributed by atoms with Crippen LogP contribution in [0.5, 0.6) is 23.0 Å². The van der Waals surface area contributed by atoms with Gasteiger partial charge in [0.1, 0.15) is 0 Å². The number of hydrogen-bond donors (Lipinski definition) is 5. The van der Waals surface area contributed by atoms with E-state index in [4.69, 9.17) is 29.8 Å². The van der Waals surface area contributed by atoms with E-state index in [1.54, 1.807) is 36.4 Å². The molecular weight excluding hydrogens is 1110 g/mol. The fourth-order valence-corrected chi connectivity index (χ4v) is 8.94. The molecule has 2 heterocycles. The van der Waals surface area contributed by atoms with Gasteiger partial charge in [-0.05, 0) is 165 Å². The van der Waals surface area contributed by atoms with Gasteiger partial charge in [0.25, 0.3) is 17.7 Å². The van der Waals surface area contributed by atoms with Crippen molar-refractivity contribution in [1.82, 2.24) is 15.1 Å². The predicted octanol–water partition coefficient (Wildman–Crippen LogP) is 10.0. The van der Waals surface area contributed by atoms with Gasteiger partial charge in [0, 0.05) is 70.7 Å². The third-order valence-electron chi connectivity index (χ3n) is 11.8. The van der Waals surface area contributed by atoms with Crippen LogP contribution >= 0.6 is 56.7 Å². The summed E-state index contributed by atoms with van der Waals surface area (Å²) in [4.78, 5) is 53.4. The second kappa shape index (κ2) is 28.3. The van der Waals surface area contributed by atoms with Gasteiger partial charge in [-0.25, -0.2) is 4.79 Å². The van der Waals surface area contributed by atoms with Crippen LogP contribution in [0.3, 0.4) is 0 Å². The Morgan fingerprint density at radius 3 is 1.44 bits per heavy atom. The molecule has 2 aliphatic heterocycles. The number of hydrogen-bond acceptors (Lipinski definition) is 11. The van der Waals surface area contributed by atoms with Gasteiger partial charge in [-0.15, -0.1) is 24.8 Å². The van der Waals surface area contributed by atoms with E-state index < -0.39 is 5.97 Å². The number of ether oxygens (including phenoxy) is 4. The van der Waals surface area contributed by atoms with Crippen molar-refractivity contribution in [3.63, 3.8) is 0 Å². The number of halogens is 4. The number of carboxylic acids is 1. The third kappa shape index (κ3) is 16.2. The van der Waals surface area contributed by atoms with E-state index in [0.717, 1.165) is 61.5 Å². The molecule has 0 saturated carbocycles. The fourth-order valence-electron chi connectivity index (χ4n) is 7.94. The number of methoxy groups -OCH3 is 4. The average molecular weight is 1170 g/mol. The summed E-state index contributed by atoms with van der Waals surface area (Å²) in [6.45, 7) is 4.65. The molecule has 15 nitrogen and oxygen atoms in total. The topological polar surface area (TPSA) is 194 Å². The highest BCUT2D eigenvalue weighted by molar-refractivity contribution is 9.10. The number of carbonyl (C=O) groups excluding carboxylic acids is 3. The van der Waals surface area contributed by atoms with Crippen LogP contribution in [0.25, 0.3) is 0 Å². The summed E-state index contributed by atoms with van der Waals surface area (Å²) in [6, 6.07) is 33.2. The van der Waals surface area contributed by atoms with Crippen LogP contribution in [0.1, 0.15) is 74.8 Å². The maximum atomic E-state index is 12.9. The molecule has 0 saturated heterocycles. The number of fused-ring (bicyclic) bond motifs is 2. The molecule has 0 fully saturated rings. The molecule has 6 aromatic carbocycles. The Kier molecular flexibility index (Phi) is 23.0. The molecule has 2 aliphatic rings. The molecule has 0 unspecified atom stereocenters. The minimum absolute atomic E-state index is 0. The maximum Gasteiger partial charge on any atom is 0.336 e. The van der Waals surface area contributed by atoms with Gasteiger partial charge in [-0.3, -0.25) is 14.4 Å². The average Bonchev–Trinajstić information content (AvgIpc) is 3.37. The molecule has 0 bridgehead atoms. The number of nitrogens with two attached hydrogens (primary N) is 1. The molecule has 73 heavy (non-hydrogen) atoms. The van der Waals surface area contributed by atoms with E-state index in [1.807, 2.05) is 48.5 Å². The summed E-state index contributed by atoms with van der Waals surface area (Å²) >= 11 is 6.55. The van der Waals surface area contributed by atoms with E-state index >= 15 is 0 Å². The SMILES string of the molecule is CN1CCc2ccc(NC(=O)c3cccc(CN)c3)cc2C1.COc1cc(Br)c(C(=O)NCc2cccc(C(=O)Nc3ccc4c(c3)CN(C)CC4)c2)cc1OC.COc1cc(Br)c(C(=O)O)cc1OC.Cl.Cl. The Bertz CT molecular complexity index is 2910. The van der Waals surface area contributed by atoms with E-state index in [0.29, 0.717) is 55.2 Å². The summed E-state index contributed by atoms with van der Waals surface area (Å²) in [6.07, 6.45) is 2.09. The first-order valence-electron chi connectivity index (χ1n) is 22.6. The zero-order valence-electron chi connectivity index (χ0n) is 41.3. The quantitative estimate of drug-likeness (QED) is 0.0736. The third-order valence-corrected chi connectivity index (χ3v) is 13.1. The number of carboxylic acid groups (broad SMARTS) is 1. The number of nitrogens with one attached hydrogen (secondary N) is 3. The van der Waals surface area contributed by atoms with Gasteiger partial charge in [0.15, 0.2) is 23.0 Å². The lowest BCUT2D eigenvalue weighted by molar-refractivity contribution is 0.0694. The largest absolute Gasteiger partial charge is 0.493 e. The molecule has 6 N–H and O–H groups in total. The molecule has 0 radical (unpaired) electrons. The smallest absolute Gasteiger partial charge is 0.336 e. The van der Waals surface area contributed by atoms with Crippen molar-refractivity contribution in [2.45, 2.75) is 39.0 Å². The summed E-state index contributed by atoms with van der Waals surface area (Å²) in [5, 5.41) is 17.7. The van der Waals surface area contributed by atoms with Gasteiger partial charge in [-0.1, -0.05) is 36.4 Å². The molecule has 0 aliphatic carbocycles. The van der Waals surface area contributed by atoms with Crippen LogP contribution in [-0.4, -0.2) is 94.2 Å². The van der Waals surface area contributed by atoms with E-state index in [-0.39, 0.29) is 54.6 Å². The van der Waals surface area contributed by atoms with Crippen LogP contribution in [0, 0.1) is 0 Å². The molecular formula is C54H60Br2Cl2N6O9. The van der Waals surface area contributed by atoms with Crippen molar-refractivity contribution < 1.29 is 43.2 Å². The standard InChI is InChI=1S/C27H28BrN3O4.C18H21N3O.C9H9BrO4.2ClH/c1-31-10-9-18-7-8-21(12-20(18)16-31)30-26(32)19-6-4-5-17(11-19)15-29-27(33)22-13-24(34-2)25(35-3)14-23(22)28;1-21-8-7-14-5-6-17(10-16(14)12-21)20-18(22)15-4-2-3-13(9-15)11-19;1-13-7-3-5(9(11)12)6(10)4-8(7)14-2;;/h4-8,11-14H,9-10,15-16H2,1-3H3,(H,29,33)(H,30,32);2-6,9-10H,7-8,11-12,19H2,1H3,(H,20,22);3-4H,1-2H3,(H,11,12);2*1H. The Hall–Kier alpha value is -6.18. The zero-order chi connectivity index (χ0) is 51.2. The van der Waals surface area contributed by atoms with Gasteiger partial charge >= 0.3 is 5.97 Å². The molecule has 0 spiro atoms. The number of carbonyl (C=O) groups is 4. The first-order valence-corrected chi connectivity index (χ1v) is 24.2. The summed E-state index contributed by atoms with van der Waals surface area (Å²) in [5.74, 6) is 0.306. The summed E-state index contributed by atoms with van der Waals surface area (Å²) in [5.41, 5.74) is 16.0. The first kappa shape index (κ1) is 59.4. The normalized spacial score (nSPS) is 12.5. The fraction of sp³-hybridized carbons (Fsp3) is 0.259. The van der Waals surface area contributed by atoms with Crippen LogP contribution in [0.4, 0.5) is 11.4 Å². The Morgan fingerprint density at radius 1 is 0.562 bits per heavy atom. The van der Waals surface area contributed by atoms with Crippen LogP contribution in [-0.2, 0) is 39.0 Å². The Morgan fingerprint density at radius 2 is 0.986 bits per heavy atom. The van der Waals surface area contributed by atoms with Crippen molar-refractivity contribution in [1.29, 1.82) is 0 Å². The monoisotopic (exact) mass is 1160 g/mol. The van der Waals surface area contributed by atoms with E-state index in [2.05, 4.69) is 89.9 Å². The number of amides is 3. The second-order valence-electron chi connectivity index (χ2n) is 16.8. The number of aromatic carboxylic acids is 1. The molecule has 6 aromatic rings. The summed E-state index contributed by atoms with van der Waals surface area (Å²) < 4.78 is 21.6. The van der Waals surface area contributed by atoms with Crippen LogP contribution in [0.15, 0.2) is 118 Å². The highest BCUT2D eigenvalue weighted by Gasteiger charge is 2.19. The molecule has 388 valence electrons. The Labute approximate surface area is 455 Å². The second-order valence-corrected chi connectivity index (χ2v) is 18.5. The van der Waals surface area contributed by atoms with Gasteiger partial charge < -0.3 is 55.5 Å². The summed E-state index contributed by atoms with van der Waals surface area (Å²) in [7, 11) is 10.2. The molecule has 19 heteroatoms. The van der Waals surface area contributed by atoms with Gasteiger partial charge in [0.2, 0.25) is 0 Å². The molecule has 0 aromatic heterocycles. The highest BCUT2D eigenvalue weighted by Crippen LogP contribution is 2.34. The van der Waals surface area contributed by atoms with Gasteiger partial charge in [-0.2, -0.15) is 0 Å². The molecule has 0 atom stereocenters. The maximum absolute atomic E-state index is 12.9. The van der Waals surface area contributed by atoms with E-state index in [9.17, 15) is 19.2 Å². The lowest BCUT2D eigenvalue weighted by Crippen LogP contribution is -2.26. The lowest BCUT2D eigenvalue weighted by atomic mass is 9.99. The highest BCUT2D eigenvalue weighted by atomic mass is 79.9. The lowest BCUT2D eigenvalue weighted by Gasteiger charge is -2.25. The van der Waals surface area contributed by atoms with Crippen LogP contribution < -0.4 is 40.6 Å². The number of nitrogens with zero attached hydrogens (tertiary/aromatic N) is 2. The van der Waals surface area contributed by atoms with Crippen molar-refractivity contribution in [2.75, 3.05) is 66.3 Å². The van der Waals surface area contributed by atoms with Crippen molar-refractivity contribution in [3.8, 4) is 23.0 Å². The molecule has 8 rings (SSSR count). The van der Waals surface area contributed by atoms with Crippen molar-refractivity contribution >= 4 is 91.7 Å². The minimum Gasteiger partial charge on any atom is -0.493 e. The molecule has 3 amide bonds. The predicted molar refractivity (Wildman–Crippen MR) is 297 cm³/mol.